The van der Waals surface area contributed by atoms with Crippen LogP contribution in [0, 0.1) is 11.8 Å². The molecule has 12 heteroatoms. The summed E-state index contributed by atoms with van der Waals surface area (Å²) in [6, 6.07) is 3.27. The van der Waals surface area contributed by atoms with Crippen LogP contribution in [0.3, 0.4) is 0 Å². The summed E-state index contributed by atoms with van der Waals surface area (Å²) in [5.41, 5.74) is 0.198. The molecule has 3 rings (SSSR count). The minimum atomic E-state index is -1.18. The monoisotopic (exact) mass is 642 g/mol. The maximum atomic E-state index is 13.7. The van der Waals surface area contributed by atoms with Crippen LogP contribution in [0.25, 0.3) is 0 Å². The molecule has 2 aliphatic heterocycles. The summed E-state index contributed by atoms with van der Waals surface area (Å²) in [4.78, 5) is 71.4. The second-order valence-electron chi connectivity index (χ2n) is 13.4. The Morgan fingerprint density at radius 1 is 0.978 bits per heavy atom. The number of nitrogens with zero attached hydrogens (tertiary/aromatic N) is 2. The Hall–Kier alpha value is -3.67. The van der Waals surface area contributed by atoms with Crippen molar-refractivity contribution in [3.63, 3.8) is 0 Å². The van der Waals surface area contributed by atoms with E-state index in [2.05, 4.69) is 26.2 Å². The van der Waals surface area contributed by atoms with Crippen molar-refractivity contribution in [3.05, 3.63) is 29.8 Å². The number of amides is 5. The SMILES string of the molecule is CC(C)C[C@H]1C(=O)N[C@H](C(C)C)C(=O)N[C@@H](C)COc2ccccc2C(=O)N[C@H](C(=O)NCCCCN2CCCC2)CC(=O)N1C. The van der Waals surface area contributed by atoms with E-state index in [-0.39, 0.29) is 42.1 Å². The average Bonchev–Trinajstić information content (AvgIpc) is 3.53. The van der Waals surface area contributed by atoms with E-state index < -0.39 is 47.8 Å². The molecule has 0 aliphatic carbocycles. The van der Waals surface area contributed by atoms with Crippen molar-refractivity contribution < 1.29 is 28.7 Å². The van der Waals surface area contributed by atoms with E-state index in [4.69, 9.17) is 4.74 Å². The molecule has 0 bridgehead atoms. The highest BCUT2D eigenvalue weighted by molar-refractivity contribution is 6.01. The molecule has 0 radical (unpaired) electrons. The number of rotatable bonds is 9. The number of para-hydroxylation sites is 1. The molecule has 1 saturated heterocycles. The molecule has 0 aromatic heterocycles. The number of benzene rings is 1. The molecule has 4 atom stereocenters. The molecule has 1 aromatic rings. The lowest BCUT2D eigenvalue weighted by Gasteiger charge is -2.32. The van der Waals surface area contributed by atoms with Gasteiger partial charge in [0.05, 0.1) is 18.0 Å². The first kappa shape index (κ1) is 36.8. The topological polar surface area (TPSA) is 149 Å². The van der Waals surface area contributed by atoms with Gasteiger partial charge in [0.2, 0.25) is 23.6 Å². The van der Waals surface area contributed by atoms with Gasteiger partial charge in [0.1, 0.15) is 30.5 Å². The van der Waals surface area contributed by atoms with Gasteiger partial charge in [-0.25, -0.2) is 0 Å². The Kier molecular flexibility index (Phi) is 14.3. The fourth-order valence-corrected chi connectivity index (χ4v) is 5.78. The van der Waals surface area contributed by atoms with E-state index in [1.54, 1.807) is 31.2 Å². The summed E-state index contributed by atoms with van der Waals surface area (Å²) >= 11 is 0. The number of hydrogen-bond acceptors (Lipinski definition) is 7. The molecule has 0 saturated carbocycles. The molecule has 4 N–H and O–H groups in total. The zero-order valence-corrected chi connectivity index (χ0v) is 28.4. The Bertz CT molecular complexity index is 1200. The number of unbranched alkanes of at least 4 members (excludes halogenated alkanes) is 1. The zero-order valence-electron chi connectivity index (χ0n) is 28.4. The van der Waals surface area contributed by atoms with Gasteiger partial charge in [-0.05, 0) is 82.6 Å². The maximum absolute atomic E-state index is 13.7. The lowest BCUT2D eigenvalue weighted by molar-refractivity contribution is -0.142. The summed E-state index contributed by atoms with van der Waals surface area (Å²) in [7, 11) is 1.52. The Labute approximate surface area is 273 Å². The molecule has 46 heavy (non-hydrogen) atoms. The molecule has 0 unspecified atom stereocenters. The number of carbonyl (C=O) groups is 5. The van der Waals surface area contributed by atoms with Crippen molar-refractivity contribution in [2.75, 3.05) is 39.8 Å². The fraction of sp³-hybridized carbons (Fsp3) is 0.676. The van der Waals surface area contributed by atoms with Crippen LogP contribution in [0.1, 0.15) is 83.5 Å². The fourth-order valence-electron chi connectivity index (χ4n) is 5.78. The summed E-state index contributed by atoms with van der Waals surface area (Å²) in [5.74, 6) is -2.25. The van der Waals surface area contributed by atoms with Gasteiger partial charge >= 0.3 is 0 Å². The molecular formula is C34H54N6O6. The van der Waals surface area contributed by atoms with Crippen LogP contribution >= 0.6 is 0 Å². The lowest BCUT2D eigenvalue weighted by atomic mass is 9.98. The van der Waals surface area contributed by atoms with Gasteiger partial charge in [0, 0.05) is 13.6 Å². The van der Waals surface area contributed by atoms with Crippen molar-refractivity contribution in [2.24, 2.45) is 11.8 Å². The minimum Gasteiger partial charge on any atom is -0.491 e. The van der Waals surface area contributed by atoms with Crippen LogP contribution in [0.4, 0.5) is 0 Å². The van der Waals surface area contributed by atoms with E-state index >= 15 is 0 Å². The number of likely N-dealkylation sites (N-methyl/N-ethyl adjacent to an activating group) is 1. The van der Waals surface area contributed by atoms with Crippen molar-refractivity contribution in [1.82, 2.24) is 31.1 Å². The second-order valence-corrected chi connectivity index (χ2v) is 13.4. The van der Waals surface area contributed by atoms with Crippen molar-refractivity contribution >= 4 is 29.5 Å². The van der Waals surface area contributed by atoms with Gasteiger partial charge < -0.3 is 35.8 Å². The van der Waals surface area contributed by atoms with Crippen LogP contribution in [-0.2, 0) is 19.2 Å². The summed E-state index contributed by atoms with van der Waals surface area (Å²) in [6.07, 6.45) is 4.15. The number of ether oxygens (including phenoxy) is 1. The van der Waals surface area contributed by atoms with E-state index in [1.807, 2.05) is 27.7 Å². The highest BCUT2D eigenvalue weighted by atomic mass is 16.5. The molecule has 1 aromatic carbocycles. The number of fused-ring (bicyclic) bond motifs is 1. The third-order valence-corrected chi connectivity index (χ3v) is 8.51. The van der Waals surface area contributed by atoms with Crippen LogP contribution in [0.5, 0.6) is 5.75 Å². The summed E-state index contributed by atoms with van der Waals surface area (Å²) in [5, 5.41) is 11.4. The predicted molar refractivity (Wildman–Crippen MR) is 176 cm³/mol. The third-order valence-electron chi connectivity index (χ3n) is 8.51. The van der Waals surface area contributed by atoms with Crippen LogP contribution in [-0.4, -0.2) is 103 Å². The molecule has 256 valence electrons. The largest absolute Gasteiger partial charge is 0.491 e. The number of nitrogens with one attached hydrogen (secondary N) is 4. The number of likely N-dealkylation sites (tertiary alicyclic amines) is 1. The zero-order chi connectivity index (χ0) is 33.8. The molecule has 2 heterocycles. The molecule has 12 nitrogen and oxygen atoms in total. The minimum absolute atomic E-state index is 0.0551. The smallest absolute Gasteiger partial charge is 0.255 e. The molecule has 0 spiro atoms. The second kappa shape index (κ2) is 17.9. The Morgan fingerprint density at radius 2 is 1.67 bits per heavy atom. The normalized spacial score (nSPS) is 24.1. The summed E-state index contributed by atoms with van der Waals surface area (Å²) < 4.78 is 5.95. The molecule has 2 aliphatic rings. The third kappa shape index (κ3) is 11.0. The van der Waals surface area contributed by atoms with Crippen LogP contribution in [0.15, 0.2) is 24.3 Å². The first-order valence-corrected chi connectivity index (χ1v) is 16.8. The van der Waals surface area contributed by atoms with Gasteiger partial charge in [-0.15, -0.1) is 0 Å². The molecule has 5 amide bonds. The molecular weight excluding hydrogens is 588 g/mol. The number of carbonyl (C=O) groups excluding carboxylic acids is 5. The van der Waals surface area contributed by atoms with E-state index in [9.17, 15) is 24.0 Å². The quantitative estimate of drug-likeness (QED) is 0.302. The van der Waals surface area contributed by atoms with E-state index in [0.29, 0.717) is 13.0 Å². The first-order valence-electron chi connectivity index (χ1n) is 16.8. The van der Waals surface area contributed by atoms with Gasteiger partial charge in [0.15, 0.2) is 0 Å². The van der Waals surface area contributed by atoms with E-state index in [0.717, 1.165) is 32.5 Å². The van der Waals surface area contributed by atoms with Crippen molar-refractivity contribution in [3.8, 4) is 5.75 Å². The van der Waals surface area contributed by atoms with Gasteiger partial charge in [-0.3, -0.25) is 24.0 Å². The van der Waals surface area contributed by atoms with Gasteiger partial charge in [-0.1, -0.05) is 39.8 Å². The highest BCUT2D eigenvalue weighted by Gasteiger charge is 2.35. The van der Waals surface area contributed by atoms with Crippen molar-refractivity contribution in [2.45, 2.75) is 97.3 Å². The number of hydrogen-bond donors (Lipinski definition) is 4. The predicted octanol–water partition coefficient (Wildman–Crippen LogP) is 2.08. The first-order chi connectivity index (χ1) is 21.9. The average molecular weight is 643 g/mol. The van der Waals surface area contributed by atoms with E-state index in [1.165, 1.54) is 24.8 Å². The standard InChI is InChI=1S/C34H54N6O6/c1-22(2)19-27-33(44)38-30(23(3)4)34(45)36-24(5)21-46-28-14-8-7-13-25(28)31(42)37-26(20-29(41)39(27)6)32(43)35-15-9-10-16-40-17-11-12-18-40/h7-8,13-14,22-24,26-27,30H,9-12,15-21H2,1-6H3,(H,35,43)(H,36,45)(H,37,42)(H,38,44)/t24-,26-,27-,30+/m0/s1. The molecule has 1 fully saturated rings. The van der Waals surface area contributed by atoms with Crippen molar-refractivity contribution in [1.29, 1.82) is 0 Å². The maximum Gasteiger partial charge on any atom is 0.255 e. The van der Waals surface area contributed by atoms with Gasteiger partial charge in [0.25, 0.3) is 5.91 Å². The Balaban J connectivity index is 1.87. The Morgan fingerprint density at radius 3 is 2.35 bits per heavy atom. The van der Waals surface area contributed by atoms with Crippen LogP contribution < -0.4 is 26.0 Å². The van der Waals surface area contributed by atoms with Gasteiger partial charge in [-0.2, -0.15) is 0 Å². The van der Waals surface area contributed by atoms with Crippen LogP contribution in [0.2, 0.25) is 0 Å². The highest BCUT2D eigenvalue weighted by Crippen LogP contribution is 2.20. The summed E-state index contributed by atoms with van der Waals surface area (Å²) in [6.45, 7) is 13.0. The lowest BCUT2D eigenvalue weighted by Crippen LogP contribution is -2.57.